The van der Waals surface area contributed by atoms with Crippen molar-refractivity contribution in [3.05, 3.63) is 7.11 Å². The molecule has 0 aliphatic rings. The first kappa shape index (κ1) is 14.4. The van der Waals surface area contributed by atoms with Gasteiger partial charge >= 0.3 is 5.97 Å². The summed E-state index contributed by atoms with van der Waals surface area (Å²) in [5.41, 5.74) is 0. The van der Waals surface area contributed by atoms with Gasteiger partial charge < -0.3 is 4.74 Å². The fourth-order valence-corrected chi connectivity index (χ4v) is 1.53. The van der Waals surface area contributed by atoms with Crippen LogP contribution in [0.2, 0.25) is 0 Å². The van der Waals surface area contributed by atoms with Crippen LogP contribution in [0.5, 0.6) is 0 Å². The SMILES string of the molecule is [CH2]OCCCCCCCCCCC([O])=O. The molecule has 0 fully saturated rings. The molecule has 0 aromatic heterocycles. The molecule has 0 heterocycles. The summed E-state index contributed by atoms with van der Waals surface area (Å²) in [6.07, 6.45) is 9.10. The molecule has 2 radical (unpaired) electrons. The molecule has 88 valence electrons. The van der Waals surface area contributed by atoms with Crippen molar-refractivity contribution in [1.29, 1.82) is 0 Å². The third kappa shape index (κ3) is 13.4. The minimum absolute atomic E-state index is 0.209. The van der Waals surface area contributed by atoms with Crippen molar-refractivity contribution in [1.82, 2.24) is 0 Å². The van der Waals surface area contributed by atoms with Crippen molar-refractivity contribution in [3.8, 4) is 0 Å². The maximum atomic E-state index is 10.1. The van der Waals surface area contributed by atoms with Crippen LogP contribution in [0.4, 0.5) is 0 Å². The molecule has 0 aromatic rings. The normalized spacial score (nSPS) is 10.5. The van der Waals surface area contributed by atoms with E-state index >= 15 is 0 Å². The number of rotatable bonds is 11. The van der Waals surface area contributed by atoms with E-state index in [-0.39, 0.29) is 6.42 Å². The molecule has 0 spiro atoms. The monoisotopic (exact) mass is 214 g/mol. The molecular weight excluding hydrogens is 192 g/mol. The van der Waals surface area contributed by atoms with Crippen LogP contribution < -0.4 is 0 Å². The van der Waals surface area contributed by atoms with Crippen LogP contribution in [-0.4, -0.2) is 12.6 Å². The van der Waals surface area contributed by atoms with E-state index in [4.69, 9.17) is 4.74 Å². The lowest BCUT2D eigenvalue weighted by Crippen LogP contribution is -1.91. The number of unbranched alkanes of at least 4 members (excludes halogenated alkanes) is 7. The molecule has 0 aliphatic carbocycles. The summed E-state index contributed by atoms with van der Waals surface area (Å²) in [6, 6.07) is 0. The van der Waals surface area contributed by atoms with E-state index in [1.165, 1.54) is 25.7 Å². The third-order valence-corrected chi connectivity index (χ3v) is 2.42. The van der Waals surface area contributed by atoms with Gasteiger partial charge in [0.2, 0.25) is 0 Å². The number of carbonyl (C=O) groups excluding carboxylic acids is 1. The van der Waals surface area contributed by atoms with Crippen LogP contribution in [0.1, 0.15) is 57.8 Å². The van der Waals surface area contributed by atoms with Gasteiger partial charge in [0.15, 0.2) is 0 Å². The first-order chi connectivity index (χ1) is 7.27. The fraction of sp³-hybridized carbons (Fsp3) is 0.833. The summed E-state index contributed by atoms with van der Waals surface area (Å²) in [5, 5.41) is 10.1. The Bertz CT molecular complexity index is 146. The van der Waals surface area contributed by atoms with Gasteiger partial charge in [-0.25, -0.2) is 9.90 Å². The summed E-state index contributed by atoms with van der Waals surface area (Å²) in [4.78, 5) is 10.1. The van der Waals surface area contributed by atoms with Gasteiger partial charge in [0, 0.05) is 6.61 Å². The van der Waals surface area contributed by atoms with Gasteiger partial charge in [-0.2, -0.15) is 0 Å². The molecule has 3 nitrogen and oxygen atoms in total. The molecule has 0 bridgehead atoms. The lowest BCUT2D eigenvalue weighted by Gasteiger charge is -2.01. The molecular formula is C12H22O3. The molecule has 3 heteroatoms. The second-order valence-electron chi connectivity index (χ2n) is 3.86. The Hall–Kier alpha value is -0.570. The van der Waals surface area contributed by atoms with Gasteiger partial charge in [0.25, 0.3) is 0 Å². The minimum atomic E-state index is -0.928. The Morgan fingerprint density at radius 1 is 0.867 bits per heavy atom. The molecule has 0 amide bonds. The van der Waals surface area contributed by atoms with E-state index in [1.807, 2.05) is 0 Å². The Labute approximate surface area is 92.8 Å². The largest absolute Gasteiger partial charge is 0.379 e. The molecule has 0 saturated heterocycles. The smallest absolute Gasteiger partial charge is 0.355 e. The van der Waals surface area contributed by atoms with Crippen molar-refractivity contribution in [2.75, 3.05) is 6.61 Å². The molecule has 0 atom stereocenters. The van der Waals surface area contributed by atoms with E-state index in [0.29, 0.717) is 0 Å². The average molecular weight is 214 g/mol. The zero-order valence-electron chi connectivity index (χ0n) is 9.50. The van der Waals surface area contributed by atoms with E-state index in [9.17, 15) is 9.90 Å². The van der Waals surface area contributed by atoms with Crippen LogP contribution in [0.15, 0.2) is 0 Å². The highest BCUT2D eigenvalue weighted by Gasteiger charge is 1.98. The van der Waals surface area contributed by atoms with Crippen molar-refractivity contribution in [2.45, 2.75) is 57.8 Å². The Balaban J connectivity index is 2.89. The standard InChI is InChI=1S/C12H22O3/c1-15-11-9-7-5-3-2-4-6-8-10-12(13)14/h1-11H2. The molecule has 0 unspecified atom stereocenters. The van der Waals surface area contributed by atoms with Crippen LogP contribution in [0, 0.1) is 7.11 Å². The van der Waals surface area contributed by atoms with Gasteiger partial charge in [-0.1, -0.05) is 38.5 Å². The minimum Gasteiger partial charge on any atom is -0.379 e. The van der Waals surface area contributed by atoms with Crippen LogP contribution in [-0.2, 0) is 14.6 Å². The summed E-state index contributed by atoms with van der Waals surface area (Å²) in [6.45, 7) is 0.756. The average Bonchev–Trinajstić information content (AvgIpc) is 2.20. The second kappa shape index (κ2) is 11.5. The molecule has 0 saturated carbocycles. The van der Waals surface area contributed by atoms with Crippen molar-refractivity contribution >= 4 is 5.97 Å². The molecule has 0 N–H and O–H groups in total. The van der Waals surface area contributed by atoms with Crippen molar-refractivity contribution in [3.63, 3.8) is 0 Å². The van der Waals surface area contributed by atoms with E-state index < -0.39 is 5.97 Å². The summed E-state index contributed by atoms with van der Waals surface area (Å²) >= 11 is 0. The summed E-state index contributed by atoms with van der Waals surface area (Å²) in [7, 11) is 3.31. The fourth-order valence-electron chi connectivity index (χ4n) is 1.53. The zero-order valence-corrected chi connectivity index (χ0v) is 9.50. The maximum absolute atomic E-state index is 10.1. The van der Waals surface area contributed by atoms with Gasteiger partial charge in [-0.3, -0.25) is 0 Å². The third-order valence-electron chi connectivity index (χ3n) is 2.42. The predicted octanol–water partition coefficient (Wildman–Crippen LogP) is 3.26. The number of hydrogen-bond donors (Lipinski definition) is 0. The Morgan fingerprint density at radius 2 is 1.33 bits per heavy atom. The van der Waals surface area contributed by atoms with Gasteiger partial charge in [-0.05, 0) is 12.8 Å². The summed E-state index contributed by atoms with van der Waals surface area (Å²) < 4.78 is 4.71. The van der Waals surface area contributed by atoms with Crippen LogP contribution in [0.25, 0.3) is 0 Å². The van der Waals surface area contributed by atoms with Crippen molar-refractivity contribution in [2.24, 2.45) is 0 Å². The lowest BCUT2D eigenvalue weighted by atomic mass is 10.1. The van der Waals surface area contributed by atoms with Gasteiger partial charge in [0.05, 0.1) is 13.5 Å². The van der Waals surface area contributed by atoms with E-state index in [2.05, 4.69) is 7.11 Å². The maximum Gasteiger partial charge on any atom is 0.355 e. The first-order valence-electron chi connectivity index (χ1n) is 5.84. The Kier molecular flexibility index (Phi) is 11.1. The van der Waals surface area contributed by atoms with E-state index in [1.54, 1.807) is 0 Å². The second-order valence-corrected chi connectivity index (χ2v) is 3.86. The number of ether oxygens (including phenoxy) is 1. The highest BCUT2D eigenvalue weighted by Crippen LogP contribution is 2.09. The van der Waals surface area contributed by atoms with Gasteiger partial charge in [-0.15, -0.1) is 0 Å². The predicted molar refractivity (Wildman–Crippen MR) is 58.6 cm³/mol. The molecule has 15 heavy (non-hydrogen) atoms. The summed E-state index contributed by atoms with van der Waals surface area (Å²) in [5.74, 6) is -0.928. The van der Waals surface area contributed by atoms with Crippen molar-refractivity contribution < 1.29 is 14.6 Å². The quantitative estimate of drug-likeness (QED) is 0.495. The van der Waals surface area contributed by atoms with Crippen LogP contribution >= 0.6 is 0 Å². The molecule has 0 aromatic carbocycles. The van der Waals surface area contributed by atoms with E-state index in [0.717, 1.165) is 32.3 Å². The highest BCUT2D eigenvalue weighted by molar-refractivity contribution is 5.66. The topological polar surface area (TPSA) is 46.2 Å². The molecule has 0 aliphatic heterocycles. The number of carbonyl (C=O) groups is 1. The molecule has 0 rings (SSSR count). The highest BCUT2D eigenvalue weighted by atomic mass is 16.5. The first-order valence-corrected chi connectivity index (χ1v) is 5.84. The van der Waals surface area contributed by atoms with Gasteiger partial charge in [0.1, 0.15) is 0 Å². The van der Waals surface area contributed by atoms with Crippen LogP contribution in [0.3, 0.4) is 0 Å². The number of hydrogen-bond acceptors (Lipinski definition) is 2. The zero-order chi connectivity index (χ0) is 11.4. The Morgan fingerprint density at radius 3 is 1.80 bits per heavy atom. The lowest BCUT2D eigenvalue weighted by molar-refractivity contribution is -0.143.